The Balaban J connectivity index is 1.18. The standard InChI is InChI=1S/C46H35N3O/c1-46(2)41-27-26-38(29-39(41)40-30-43-44(31-42(40)46)50-45(47-43)32-16-7-3-8-17-32)49(35-22-13-6-14-23-35)37-25-15-24-36(28-37)48(33-18-9-4-10-19-33)34-20-11-5-12-21-34/h3-31H,1-2H3. The zero-order chi connectivity index (χ0) is 33.7. The summed E-state index contributed by atoms with van der Waals surface area (Å²) in [5.74, 6) is 0.645. The van der Waals surface area contributed by atoms with Gasteiger partial charge in [0.05, 0.1) is 0 Å². The van der Waals surface area contributed by atoms with Gasteiger partial charge in [0.25, 0.3) is 0 Å². The number of para-hydroxylation sites is 3. The van der Waals surface area contributed by atoms with E-state index < -0.39 is 0 Å². The predicted molar refractivity (Wildman–Crippen MR) is 206 cm³/mol. The first-order chi connectivity index (χ1) is 24.5. The molecule has 0 unspecified atom stereocenters. The Labute approximate surface area is 292 Å². The third kappa shape index (κ3) is 5.05. The fraction of sp³-hybridized carbons (Fsp3) is 0.0652. The molecule has 0 radical (unpaired) electrons. The van der Waals surface area contributed by atoms with Gasteiger partial charge in [0.1, 0.15) is 5.52 Å². The van der Waals surface area contributed by atoms with Crippen molar-refractivity contribution in [3.63, 3.8) is 0 Å². The molecule has 1 aromatic heterocycles. The fourth-order valence-corrected chi connectivity index (χ4v) is 7.40. The van der Waals surface area contributed by atoms with E-state index in [4.69, 9.17) is 9.40 Å². The molecule has 9 rings (SSSR count). The van der Waals surface area contributed by atoms with Crippen molar-refractivity contribution in [2.75, 3.05) is 9.80 Å². The maximum atomic E-state index is 6.32. The first-order valence-corrected chi connectivity index (χ1v) is 17.1. The molecule has 4 heteroatoms. The first-order valence-electron chi connectivity index (χ1n) is 17.1. The van der Waals surface area contributed by atoms with Crippen LogP contribution >= 0.6 is 0 Å². The topological polar surface area (TPSA) is 32.5 Å². The minimum atomic E-state index is -0.194. The molecule has 0 fully saturated rings. The Kier molecular flexibility index (Phi) is 7.10. The highest BCUT2D eigenvalue weighted by Crippen LogP contribution is 2.52. The molecular formula is C46H35N3O. The summed E-state index contributed by atoms with van der Waals surface area (Å²) in [6.45, 7) is 4.61. The second-order valence-corrected chi connectivity index (χ2v) is 13.3. The molecule has 0 saturated heterocycles. The number of benzene rings is 7. The van der Waals surface area contributed by atoms with Crippen LogP contribution in [0.4, 0.5) is 34.1 Å². The van der Waals surface area contributed by atoms with Gasteiger partial charge >= 0.3 is 0 Å². The molecule has 7 aromatic carbocycles. The summed E-state index contributed by atoms with van der Waals surface area (Å²) in [7, 11) is 0. The minimum Gasteiger partial charge on any atom is -0.436 e. The lowest BCUT2D eigenvalue weighted by molar-refractivity contribution is 0.614. The highest BCUT2D eigenvalue weighted by Gasteiger charge is 2.37. The van der Waals surface area contributed by atoms with E-state index in [1.54, 1.807) is 0 Å². The number of aromatic nitrogens is 1. The van der Waals surface area contributed by atoms with Crippen LogP contribution in [-0.2, 0) is 5.41 Å². The van der Waals surface area contributed by atoms with Crippen LogP contribution in [0.5, 0.6) is 0 Å². The lowest BCUT2D eigenvalue weighted by atomic mass is 9.82. The van der Waals surface area contributed by atoms with Crippen LogP contribution < -0.4 is 9.80 Å². The van der Waals surface area contributed by atoms with Crippen LogP contribution in [0.2, 0.25) is 0 Å². The third-order valence-corrected chi connectivity index (χ3v) is 9.84. The molecule has 1 aliphatic carbocycles. The summed E-state index contributed by atoms with van der Waals surface area (Å²) < 4.78 is 6.32. The number of hydrogen-bond donors (Lipinski definition) is 0. The molecule has 240 valence electrons. The van der Waals surface area contributed by atoms with Gasteiger partial charge in [0, 0.05) is 45.1 Å². The van der Waals surface area contributed by atoms with Crippen molar-refractivity contribution < 1.29 is 4.42 Å². The molecule has 4 nitrogen and oxygen atoms in total. The van der Waals surface area contributed by atoms with Crippen LogP contribution in [0.15, 0.2) is 180 Å². The van der Waals surface area contributed by atoms with Crippen molar-refractivity contribution in [1.29, 1.82) is 0 Å². The maximum Gasteiger partial charge on any atom is 0.227 e. The van der Waals surface area contributed by atoms with E-state index >= 15 is 0 Å². The maximum absolute atomic E-state index is 6.32. The van der Waals surface area contributed by atoms with Crippen molar-refractivity contribution >= 4 is 45.2 Å². The largest absolute Gasteiger partial charge is 0.436 e. The monoisotopic (exact) mass is 645 g/mol. The second kappa shape index (κ2) is 11.9. The molecule has 50 heavy (non-hydrogen) atoms. The average molecular weight is 646 g/mol. The number of hydrogen-bond acceptors (Lipinski definition) is 4. The molecular weight excluding hydrogens is 611 g/mol. The molecule has 0 spiro atoms. The summed E-state index contributed by atoms with van der Waals surface area (Å²) in [6.07, 6.45) is 0. The van der Waals surface area contributed by atoms with Crippen LogP contribution in [0.1, 0.15) is 25.0 Å². The van der Waals surface area contributed by atoms with Crippen molar-refractivity contribution in [2.24, 2.45) is 0 Å². The average Bonchev–Trinajstić information content (AvgIpc) is 3.68. The van der Waals surface area contributed by atoms with Crippen molar-refractivity contribution in [3.05, 3.63) is 187 Å². The van der Waals surface area contributed by atoms with Gasteiger partial charge in [0.15, 0.2) is 5.58 Å². The Morgan fingerprint density at radius 2 is 0.920 bits per heavy atom. The van der Waals surface area contributed by atoms with E-state index in [1.165, 1.54) is 22.3 Å². The predicted octanol–water partition coefficient (Wildman–Crippen LogP) is 12.7. The molecule has 1 aliphatic rings. The van der Waals surface area contributed by atoms with Gasteiger partial charge in [-0.05, 0) is 113 Å². The molecule has 0 atom stereocenters. The number of anilines is 6. The molecule has 1 heterocycles. The molecule has 8 aromatic rings. The zero-order valence-corrected chi connectivity index (χ0v) is 28.0. The quantitative estimate of drug-likeness (QED) is 0.173. The van der Waals surface area contributed by atoms with E-state index in [0.29, 0.717) is 5.89 Å². The Morgan fingerprint density at radius 3 is 1.50 bits per heavy atom. The van der Waals surface area contributed by atoms with Crippen molar-refractivity contribution in [3.8, 4) is 22.6 Å². The van der Waals surface area contributed by atoms with Gasteiger partial charge < -0.3 is 14.2 Å². The first kappa shape index (κ1) is 29.7. The lowest BCUT2D eigenvalue weighted by Gasteiger charge is -2.30. The van der Waals surface area contributed by atoms with Gasteiger partial charge in [0.2, 0.25) is 5.89 Å². The second-order valence-electron chi connectivity index (χ2n) is 13.3. The molecule has 0 N–H and O–H groups in total. The van der Waals surface area contributed by atoms with Gasteiger partial charge in [-0.2, -0.15) is 0 Å². The summed E-state index contributed by atoms with van der Waals surface area (Å²) in [6, 6.07) is 61.9. The highest BCUT2D eigenvalue weighted by molar-refractivity contribution is 5.93. The summed E-state index contributed by atoms with van der Waals surface area (Å²) in [5, 5.41) is 0. The highest BCUT2D eigenvalue weighted by atomic mass is 16.3. The number of oxazole rings is 1. The molecule has 0 saturated carbocycles. The van der Waals surface area contributed by atoms with E-state index in [0.717, 1.165) is 50.8 Å². The van der Waals surface area contributed by atoms with Crippen LogP contribution in [0, 0.1) is 0 Å². The van der Waals surface area contributed by atoms with Crippen LogP contribution in [-0.4, -0.2) is 4.98 Å². The van der Waals surface area contributed by atoms with E-state index in [9.17, 15) is 0 Å². The number of nitrogens with zero attached hydrogens (tertiary/aromatic N) is 3. The zero-order valence-electron chi connectivity index (χ0n) is 28.0. The Morgan fingerprint density at radius 1 is 0.440 bits per heavy atom. The smallest absolute Gasteiger partial charge is 0.227 e. The van der Waals surface area contributed by atoms with Gasteiger partial charge in [-0.1, -0.05) is 98.8 Å². The van der Waals surface area contributed by atoms with Gasteiger partial charge in [-0.3, -0.25) is 0 Å². The molecule has 0 amide bonds. The van der Waals surface area contributed by atoms with Crippen molar-refractivity contribution in [2.45, 2.75) is 19.3 Å². The normalized spacial score (nSPS) is 12.8. The summed E-state index contributed by atoms with van der Waals surface area (Å²) >= 11 is 0. The van der Waals surface area contributed by atoms with Gasteiger partial charge in [-0.15, -0.1) is 0 Å². The minimum absolute atomic E-state index is 0.194. The van der Waals surface area contributed by atoms with Gasteiger partial charge in [-0.25, -0.2) is 4.98 Å². The number of rotatable bonds is 7. The fourth-order valence-electron chi connectivity index (χ4n) is 7.40. The third-order valence-electron chi connectivity index (χ3n) is 9.84. The Bertz CT molecular complexity index is 2410. The summed E-state index contributed by atoms with van der Waals surface area (Å²) in [4.78, 5) is 9.59. The SMILES string of the molecule is CC1(C)c2ccc(N(c3ccccc3)c3cccc(N(c4ccccc4)c4ccccc4)c3)cc2-c2cc3nc(-c4ccccc4)oc3cc21. The van der Waals surface area contributed by atoms with E-state index in [1.807, 2.05) is 30.3 Å². The van der Waals surface area contributed by atoms with Crippen LogP contribution in [0.25, 0.3) is 33.7 Å². The van der Waals surface area contributed by atoms with Crippen LogP contribution in [0.3, 0.4) is 0 Å². The summed E-state index contributed by atoms with van der Waals surface area (Å²) in [5.41, 5.74) is 14.0. The molecule has 0 aliphatic heterocycles. The number of fused-ring (bicyclic) bond motifs is 4. The van der Waals surface area contributed by atoms with Crippen molar-refractivity contribution in [1.82, 2.24) is 4.98 Å². The lowest BCUT2D eigenvalue weighted by Crippen LogP contribution is -2.15. The van der Waals surface area contributed by atoms with E-state index in [2.05, 4.69) is 169 Å². The Hall–Kier alpha value is -6.39. The molecule has 0 bridgehead atoms. The van der Waals surface area contributed by atoms with E-state index in [-0.39, 0.29) is 5.41 Å².